The van der Waals surface area contributed by atoms with Gasteiger partial charge >= 0.3 is 11.9 Å². The number of carbonyl (C=O) groups excluding carboxylic acids is 2. The number of carbonyl (C=O) groups is 3. The molecule has 0 aliphatic rings. The van der Waals surface area contributed by atoms with Gasteiger partial charge in [0.15, 0.2) is 0 Å². The fourth-order valence-corrected chi connectivity index (χ4v) is 6.23. The first-order chi connectivity index (χ1) is 28.4. The zero-order valence-corrected chi connectivity index (χ0v) is 36.8. The van der Waals surface area contributed by atoms with Gasteiger partial charge in [-0.1, -0.05) is 163 Å². The van der Waals surface area contributed by atoms with Crippen LogP contribution in [0.3, 0.4) is 0 Å². The van der Waals surface area contributed by atoms with Gasteiger partial charge < -0.3 is 20.9 Å². The largest absolute Gasteiger partial charge is 0.480 e. The van der Waals surface area contributed by atoms with Crippen LogP contribution in [0, 0.1) is 0 Å². The van der Waals surface area contributed by atoms with Crippen molar-refractivity contribution in [3.05, 3.63) is 97.2 Å². The fraction of sp³-hybridized carbons (Fsp3) is 0.627. The van der Waals surface area contributed by atoms with Crippen LogP contribution in [-0.2, 0) is 19.1 Å². The molecule has 0 spiro atoms. The van der Waals surface area contributed by atoms with Crippen molar-refractivity contribution in [3.63, 3.8) is 0 Å². The molecule has 0 aliphatic heterocycles. The summed E-state index contributed by atoms with van der Waals surface area (Å²) in [7, 11) is 0. The van der Waals surface area contributed by atoms with E-state index in [2.05, 4.69) is 110 Å². The fourth-order valence-electron chi connectivity index (χ4n) is 6.23. The molecule has 0 aromatic carbocycles. The van der Waals surface area contributed by atoms with Crippen molar-refractivity contribution < 1.29 is 24.2 Å². The van der Waals surface area contributed by atoms with Gasteiger partial charge in [-0.05, 0) is 115 Å². The van der Waals surface area contributed by atoms with Crippen LogP contribution in [0.4, 0.5) is 0 Å². The molecule has 2 unspecified atom stereocenters. The summed E-state index contributed by atoms with van der Waals surface area (Å²) in [6.45, 7) is 4.70. The van der Waals surface area contributed by atoms with E-state index in [4.69, 9.17) is 10.5 Å². The van der Waals surface area contributed by atoms with E-state index >= 15 is 0 Å². The molecule has 2 atom stereocenters. The first-order valence-corrected chi connectivity index (χ1v) is 23.1. The Morgan fingerprint density at radius 3 is 1.45 bits per heavy atom. The Morgan fingerprint density at radius 1 is 0.517 bits per heavy atom. The Balaban J connectivity index is 4.37. The molecule has 328 valence electrons. The summed E-state index contributed by atoms with van der Waals surface area (Å²) in [4.78, 5) is 36.4. The predicted octanol–water partition coefficient (Wildman–Crippen LogP) is 13.4. The number of nitrogens with two attached hydrogens (primary N) is 1. The van der Waals surface area contributed by atoms with E-state index in [-0.39, 0.29) is 18.0 Å². The van der Waals surface area contributed by atoms with E-state index in [1.807, 2.05) is 6.08 Å². The van der Waals surface area contributed by atoms with E-state index in [0.717, 1.165) is 109 Å². The predicted molar refractivity (Wildman–Crippen MR) is 248 cm³/mol. The van der Waals surface area contributed by atoms with Crippen LogP contribution >= 0.6 is 0 Å². The third-order valence-corrected chi connectivity index (χ3v) is 9.63. The van der Waals surface area contributed by atoms with Crippen molar-refractivity contribution in [2.24, 2.45) is 5.73 Å². The van der Waals surface area contributed by atoms with Gasteiger partial charge in [0, 0.05) is 12.8 Å². The highest BCUT2D eigenvalue weighted by Crippen LogP contribution is 2.15. The zero-order valence-electron chi connectivity index (χ0n) is 36.8. The number of nitrogens with one attached hydrogen (secondary N) is 1. The summed E-state index contributed by atoms with van der Waals surface area (Å²) in [5.74, 6) is -1.35. The third-order valence-electron chi connectivity index (χ3n) is 9.63. The second-order valence-electron chi connectivity index (χ2n) is 15.0. The second-order valence-corrected chi connectivity index (χ2v) is 15.0. The smallest absolute Gasteiger partial charge is 0.326 e. The molecule has 4 N–H and O–H groups in total. The molecular weight excluding hydrogens is 721 g/mol. The molecule has 0 aromatic heterocycles. The average molecular weight is 805 g/mol. The first-order valence-electron chi connectivity index (χ1n) is 23.1. The van der Waals surface area contributed by atoms with Crippen molar-refractivity contribution in [1.29, 1.82) is 0 Å². The zero-order chi connectivity index (χ0) is 42.4. The van der Waals surface area contributed by atoms with Crippen molar-refractivity contribution in [2.75, 3.05) is 6.54 Å². The lowest BCUT2D eigenvalue weighted by molar-refractivity contribution is -0.147. The highest BCUT2D eigenvalue weighted by atomic mass is 16.5. The molecule has 0 bridgehead atoms. The van der Waals surface area contributed by atoms with Gasteiger partial charge in [-0.15, -0.1) is 0 Å². The first kappa shape index (κ1) is 54.3. The molecule has 1 amide bonds. The number of allylic oxidation sites excluding steroid dienone is 15. The number of aliphatic carboxylic acids is 1. The molecule has 0 fully saturated rings. The molecule has 7 nitrogen and oxygen atoms in total. The van der Waals surface area contributed by atoms with E-state index in [1.54, 1.807) is 0 Å². The maximum absolute atomic E-state index is 12.8. The Labute approximate surface area is 355 Å². The van der Waals surface area contributed by atoms with Crippen LogP contribution in [0.15, 0.2) is 97.2 Å². The average Bonchev–Trinajstić information content (AvgIpc) is 3.21. The molecule has 0 aromatic rings. The molecule has 0 radical (unpaired) electrons. The number of hydrogen-bond donors (Lipinski definition) is 3. The maximum Gasteiger partial charge on any atom is 0.326 e. The van der Waals surface area contributed by atoms with Crippen molar-refractivity contribution in [2.45, 2.75) is 199 Å². The maximum atomic E-state index is 12.8. The molecular formula is C51H84N2O5. The Bertz CT molecular complexity index is 1230. The Kier molecular flexibility index (Phi) is 41.6. The molecule has 7 heteroatoms. The number of amides is 1. The van der Waals surface area contributed by atoms with Crippen LogP contribution in [0.5, 0.6) is 0 Å². The molecule has 0 rings (SSSR count). The van der Waals surface area contributed by atoms with E-state index in [0.29, 0.717) is 32.2 Å². The standard InChI is InChI=1S/C51H84N2O5/c1-3-5-7-9-11-13-15-16-17-18-19-20-21-22-23-24-26-28-30-35-39-45-50(55)58-47(41-36-32-29-27-25-14-12-10-8-6-4-2)42-37-33-31-34-38-44-49(54)53-48(51(56)57)43-40-46-52/h5-8,11-14,16-17,19-20,27,29,36,41,47-48H,3-4,9-10,15,18,21-26,28,30-35,37-40,42-46,52H2,1-2H3,(H,53,54)(H,56,57)/b7-5-,8-6-,13-11-,14-12-,17-16-,20-19-,29-27-,41-36-. The summed E-state index contributed by atoms with van der Waals surface area (Å²) in [6.07, 6.45) is 60.4. The van der Waals surface area contributed by atoms with Crippen molar-refractivity contribution in [1.82, 2.24) is 5.32 Å². The summed E-state index contributed by atoms with van der Waals surface area (Å²) in [6, 6.07) is -0.873. The van der Waals surface area contributed by atoms with Gasteiger partial charge in [0.25, 0.3) is 0 Å². The lowest BCUT2D eigenvalue weighted by Crippen LogP contribution is -2.40. The lowest BCUT2D eigenvalue weighted by atomic mass is 10.1. The summed E-state index contributed by atoms with van der Waals surface area (Å²) >= 11 is 0. The van der Waals surface area contributed by atoms with E-state index in [1.165, 1.54) is 38.5 Å². The van der Waals surface area contributed by atoms with Gasteiger partial charge in [-0.2, -0.15) is 0 Å². The number of rotatable bonds is 40. The number of unbranched alkanes of at least 4 members (excludes halogenated alkanes) is 12. The van der Waals surface area contributed by atoms with E-state index in [9.17, 15) is 19.5 Å². The van der Waals surface area contributed by atoms with Gasteiger partial charge in [0.05, 0.1) is 0 Å². The lowest BCUT2D eigenvalue weighted by Gasteiger charge is -2.15. The van der Waals surface area contributed by atoms with Gasteiger partial charge in [-0.3, -0.25) is 9.59 Å². The number of esters is 1. The van der Waals surface area contributed by atoms with Crippen LogP contribution < -0.4 is 11.1 Å². The van der Waals surface area contributed by atoms with Crippen LogP contribution in [-0.4, -0.2) is 41.6 Å². The normalized spacial score (nSPS) is 13.6. The monoisotopic (exact) mass is 805 g/mol. The summed E-state index contributed by atoms with van der Waals surface area (Å²) < 4.78 is 5.94. The summed E-state index contributed by atoms with van der Waals surface area (Å²) in [5, 5.41) is 11.9. The number of hydrogen-bond acceptors (Lipinski definition) is 5. The minimum atomic E-state index is -1.02. The number of ether oxygens (including phenoxy) is 1. The molecule has 0 saturated carbocycles. The van der Waals surface area contributed by atoms with Crippen molar-refractivity contribution >= 4 is 17.8 Å². The number of carboxylic acid groups (broad SMARTS) is 1. The molecule has 0 saturated heterocycles. The van der Waals surface area contributed by atoms with Gasteiger partial charge in [-0.25, -0.2) is 4.79 Å². The van der Waals surface area contributed by atoms with Crippen LogP contribution in [0.1, 0.15) is 187 Å². The minimum Gasteiger partial charge on any atom is -0.480 e. The topological polar surface area (TPSA) is 119 Å². The SMILES string of the molecule is CC/C=C\C/C=C\C/C=C\C/C=C\CCCCCCCCCCC(=O)OC(/C=C\C/C=C\C/C=C\C/C=C\CC)CCCCCCCC(=O)NC(CCCN)C(=O)O. The minimum absolute atomic E-state index is 0.111. The Hall–Kier alpha value is -3.71. The number of carboxylic acids is 1. The third kappa shape index (κ3) is 40.5. The van der Waals surface area contributed by atoms with Gasteiger partial charge in [0.1, 0.15) is 12.1 Å². The quantitative estimate of drug-likeness (QED) is 0.0322. The highest BCUT2D eigenvalue weighted by molar-refractivity contribution is 5.83. The summed E-state index contributed by atoms with van der Waals surface area (Å²) in [5.41, 5.74) is 5.48. The molecule has 58 heavy (non-hydrogen) atoms. The van der Waals surface area contributed by atoms with Crippen molar-refractivity contribution in [3.8, 4) is 0 Å². The van der Waals surface area contributed by atoms with Gasteiger partial charge in [0.2, 0.25) is 5.91 Å². The van der Waals surface area contributed by atoms with Crippen LogP contribution in [0.25, 0.3) is 0 Å². The highest BCUT2D eigenvalue weighted by Gasteiger charge is 2.18. The van der Waals surface area contributed by atoms with E-state index < -0.39 is 12.0 Å². The molecule has 0 heterocycles. The second kappa shape index (κ2) is 44.4. The molecule has 0 aliphatic carbocycles. The van der Waals surface area contributed by atoms with Crippen LogP contribution in [0.2, 0.25) is 0 Å². The Morgan fingerprint density at radius 2 is 0.948 bits per heavy atom.